The lowest BCUT2D eigenvalue weighted by atomic mass is 9.82. The van der Waals surface area contributed by atoms with E-state index in [1.54, 1.807) is 0 Å². The first kappa shape index (κ1) is 8.52. The van der Waals surface area contributed by atoms with Gasteiger partial charge in [-0.25, -0.2) is 0 Å². The lowest BCUT2D eigenvalue weighted by Gasteiger charge is -2.41. The lowest BCUT2D eigenvalue weighted by Crippen LogP contribution is -2.45. The Morgan fingerprint density at radius 1 is 1.08 bits per heavy atom. The quantitative estimate of drug-likeness (QED) is 0.602. The summed E-state index contributed by atoms with van der Waals surface area (Å²) in [5, 5.41) is 0. The van der Waals surface area contributed by atoms with Crippen LogP contribution in [0.3, 0.4) is 0 Å². The average Bonchev–Trinajstić information content (AvgIpc) is 1.99. The van der Waals surface area contributed by atoms with Crippen molar-refractivity contribution < 1.29 is 9.47 Å². The maximum atomic E-state index is 5.50. The van der Waals surface area contributed by atoms with E-state index in [4.69, 9.17) is 9.47 Å². The number of hydrogen-bond acceptors (Lipinski definition) is 2. The van der Waals surface area contributed by atoms with Gasteiger partial charge in [-0.1, -0.05) is 19.8 Å². The van der Waals surface area contributed by atoms with E-state index in [0.29, 0.717) is 5.92 Å². The van der Waals surface area contributed by atoms with Gasteiger partial charge in [0.25, 0.3) is 0 Å². The first-order chi connectivity index (χ1) is 5.75. The highest BCUT2D eigenvalue weighted by Crippen LogP contribution is 2.36. The van der Waals surface area contributed by atoms with Gasteiger partial charge in [-0.05, 0) is 25.7 Å². The van der Waals surface area contributed by atoms with Crippen LogP contribution in [0.15, 0.2) is 0 Å². The Balaban J connectivity index is 1.80. The molecule has 0 amide bonds. The normalized spacial score (nSPS) is 48.5. The third-order valence-electron chi connectivity index (χ3n) is 3.01. The van der Waals surface area contributed by atoms with Gasteiger partial charge in [0.2, 0.25) is 0 Å². The van der Waals surface area contributed by atoms with E-state index < -0.39 is 0 Å². The van der Waals surface area contributed by atoms with Crippen molar-refractivity contribution in [1.29, 1.82) is 0 Å². The minimum atomic E-state index is 0.0484. The molecule has 0 aromatic heterocycles. The van der Waals surface area contributed by atoms with Crippen LogP contribution in [-0.4, -0.2) is 12.6 Å². The monoisotopic (exact) mass is 170 g/mol. The lowest BCUT2D eigenvalue weighted by molar-refractivity contribution is -0.394. The molecule has 1 saturated heterocycles. The zero-order chi connectivity index (χ0) is 8.55. The molecule has 1 heterocycles. The molecular weight excluding hydrogens is 152 g/mol. The highest BCUT2D eigenvalue weighted by atomic mass is 16.9. The maximum Gasteiger partial charge on any atom is 0.166 e. The molecule has 0 spiro atoms. The van der Waals surface area contributed by atoms with Gasteiger partial charge in [-0.15, -0.1) is 0 Å². The standard InChI is InChI=1S/C10H18O2/c1-7-4-3-5-9(6-7)10-11-8(2)12-10/h7-10H,3-6H2,1-2H3. The van der Waals surface area contributed by atoms with E-state index in [-0.39, 0.29) is 12.6 Å². The molecule has 2 unspecified atom stereocenters. The Labute approximate surface area is 74.2 Å². The number of ether oxygens (including phenoxy) is 2. The van der Waals surface area contributed by atoms with Gasteiger partial charge in [-0.3, -0.25) is 0 Å². The molecule has 2 heteroatoms. The molecule has 70 valence electrons. The summed E-state index contributed by atoms with van der Waals surface area (Å²) in [6, 6.07) is 0. The van der Waals surface area contributed by atoms with E-state index in [1.165, 1.54) is 25.7 Å². The number of hydrogen-bond donors (Lipinski definition) is 0. The van der Waals surface area contributed by atoms with Crippen molar-refractivity contribution in [2.45, 2.75) is 52.1 Å². The summed E-state index contributed by atoms with van der Waals surface area (Å²) in [7, 11) is 0. The molecule has 0 aromatic carbocycles. The van der Waals surface area contributed by atoms with Gasteiger partial charge in [0.15, 0.2) is 12.6 Å². The Bertz CT molecular complexity index is 152. The average molecular weight is 170 g/mol. The van der Waals surface area contributed by atoms with Gasteiger partial charge in [-0.2, -0.15) is 0 Å². The van der Waals surface area contributed by atoms with Crippen LogP contribution in [0.25, 0.3) is 0 Å². The summed E-state index contributed by atoms with van der Waals surface area (Å²) in [6.45, 7) is 4.29. The summed E-state index contributed by atoms with van der Waals surface area (Å²) in [5.41, 5.74) is 0. The zero-order valence-corrected chi connectivity index (χ0v) is 7.95. The van der Waals surface area contributed by atoms with Gasteiger partial charge in [0.1, 0.15) is 0 Å². The molecule has 0 N–H and O–H groups in total. The molecule has 0 bridgehead atoms. The van der Waals surface area contributed by atoms with E-state index in [9.17, 15) is 0 Å². The number of rotatable bonds is 1. The Morgan fingerprint density at radius 2 is 1.83 bits per heavy atom. The summed E-state index contributed by atoms with van der Waals surface area (Å²) < 4.78 is 11.0. The third-order valence-corrected chi connectivity index (χ3v) is 3.01. The molecule has 2 atom stereocenters. The third kappa shape index (κ3) is 1.64. The Morgan fingerprint density at radius 3 is 2.42 bits per heavy atom. The molecule has 0 aromatic rings. The van der Waals surface area contributed by atoms with Gasteiger partial charge in [0, 0.05) is 5.92 Å². The fraction of sp³-hybridized carbons (Fsp3) is 1.00. The van der Waals surface area contributed by atoms with Crippen LogP contribution in [0, 0.1) is 11.8 Å². The summed E-state index contributed by atoms with van der Waals surface area (Å²) >= 11 is 0. The second-order valence-electron chi connectivity index (χ2n) is 4.24. The molecule has 1 saturated carbocycles. The largest absolute Gasteiger partial charge is 0.324 e. The van der Waals surface area contributed by atoms with Crippen molar-refractivity contribution >= 4 is 0 Å². The van der Waals surface area contributed by atoms with Crippen LogP contribution in [0.4, 0.5) is 0 Å². The molecule has 2 fully saturated rings. The van der Waals surface area contributed by atoms with Crippen molar-refractivity contribution in [1.82, 2.24) is 0 Å². The second-order valence-corrected chi connectivity index (χ2v) is 4.24. The molecule has 0 radical (unpaired) electrons. The molecule has 2 aliphatic rings. The predicted molar refractivity (Wildman–Crippen MR) is 46.5 cm³/mol. The van der Waals surface area contributed by atoms with Crippen LogP contribution >= 0.6 is 0 Å². The first-order valence-corrected chi connectivity index (χ1v) is 5.06. The smallest absolute Gasteiger partial charge is 0.166 e. The molecule has 1 aliphatic heterocycles. The summed E-state index contributed by atoms with van der Waals surface area (Å²) in [5.74, 6) is 1.54. The van der Waals surface area contributed by atoms with Gasteiger partial charge in [0.05, 0.1) is 0 Å². The minimum absolute atomic E-state index is 0.0484. The van der Waals surface area contributed by atoms with Crippen LogP contribution in [-0.2, 0) is 9.47 Å². The molecule has 2 rings (SSSR count). The highest BCUT2D eigenvalue weighted by molar-refractivity contribution is 4.75. The van der Waals surface area contributed by atoms with Crippen LogP contribution in [0.5, 0.6) is 0 Å². The SMILES string of the molecule is CC1CCCC(C2OC(C)O2)C1. The Hall–Kier alpha value is -0.0800. The molecule has 2 nitrogen and oxygen atoms in total. The fourth-order valence-corrected chi connectivity index (χ4v) is 2.34. The second kappa shape index (κ2) is 3.35. The van der Waals surface area contributed by atoms with E-state index in [0.717, 1.165) is 5.92 Å². The molecular formula is C10H18O2. The molecule has 12 heavy (non-hydrogen) atoms. The van der Waals surface area contributed by atoms with Gasteiger partial charge < -0.3 is 9.47 Å². The fourth-order valence-electron chi connectivity index (χ4n) is 2.34. The summed E-state index contributed by atoms with van der Waals surface area (Å²) in [4.78, 5) is 0. The summed E-state index contributed by atoms with van der Waals surface area (Å²) in [6.07, 6.45) is 5.50. The van der Waals surface area contributed by atoms with Crippen molar-refractivity contribution in [3.05, 3.63) is 0 Å². The van der Waals surface area contributed by atoms with Crippen molar-refractivity contribution in [2.75, 3.05) is 0 Å². The van der Waals surface area contributed by atoms with Crippen LogP contribution in [0.2, 0.25) is 0 Å². The Kier molecular flexibility index (Phi) is 2.37. The predicted octanol–water partition coefficient (Wildman–Crippen LogP) is 2.53. The van der Waals surface area contributed by atoms with E-state index in [2.05, 4.69) is 6.92 Å². The van der Waals surface area contributed by atoms with E-state index in [1.807, 2.05) is 6.92 Å². The van der Waals surface area contributed by atoms with Crippen molar-refractivity contribution in [3.8, 4) is 0 Å². The van der Waals surface area contributed by atoms with Crippen LogP contribution < -0.4 is 0 Å². The zero-order valence-electron chi connectivity index (χ0n) is 7.95. The van der Waals surface area contributed by atoms with Crippen LogP contribution in [0.1, 0.15) is 39.5 Å². The highest BCUT2D eigenvalue weighted by Gasteiger charge is 2.36. The van der Waals surface area contributed by atoms with Gasteiger partial charge >= 0.3 is 0 Å². The minimum Gasteiger partial charge on any atom is -0.324 e. The first-order valence-electron chi connectivity index (χ1n) is 5.06. The van der Waals surface area contributed by atoms with E-state index >= 15 is 0 Å². The molecule has 1 aliphatic carbocycles. The van der Waals surface area contributed by atoms with Crippen molar-refractivity contribution in [3.63, 3.8) is 0 Å². The van der Waals surface area contributed by atoms with Crippen molar-refractivity contribution in [2.24, 2.45) is 11.8 Å². The maximum absolute atomic E-state index is 5.50. The topological polar surface area (TPSA) is 18.5 Å².